The van der Waals surface area contributed by atoms with Gasteiger partial charge in [0.1, 0.15) is 0 Å². The molecule has 0 unspecified atom stereocenters. The third-order valence-electron chi connectivity index (χ3n) is 2.73. The number of benzene rings is 1. The molecule has 0 heterocycles. The fourth-order valence-corrected chi connectivity index (χ4v) is 2.82. The minimum Gasteiger partial charge on any atom is -0.263 e. The second kappa shape index (κ2) is 3.32. The molecule has 2 atom stereocenters. The van der Waals surface area contributed by atoms with E-state index in [1.807, 2.05) is 37.3 Å². The molecule has 0 amide bonds. The molecule has 0 saturated heterocycles. The van der Waals surface area contributed by atoms with Crippen LogP contribution in [0.25, 0.3) is 0 Å². The molecule has 1 fully saturated rings. The minimum atomic E-state index is -3.36. The van der Waals surface area contributed by atoms with Crippen molar-refractivity contribution in [2.75, 3.05) is 6.26 Å². The zero-order chi connectivity index (χ0) is 11.1. The standard InChI is InChI=1S/C11H14O3S/c1-11(14-15(2,12)13)8-10(11)9-6-4-3-5-7-9/h3-7,10H,8H2,1-2H3/t10-,11+/m0/s1. The van der Waals surface area contributed by atoms with E-state index in [1.165, 1.54) is 0 Å². The molecule has 1 aromatic rings. The van der Waals surface area contributed by atoms with Gasteiger partial charge in [0, 0.05) is 5.92 Å². The summed E-state index contributed by atoms with van der Waals surface area (Å²) >= 11 is 0. The van der Waals surface area contributed by atoms with Gasteiger partial charge < -0.3 is 0 Å². The van der Waals surface area contributed by atoms with Gasteiger partial charge in [0.25, 0.3) is 10.1 Å². The number of rotatable bonds is 3. The lowest BCUT2D eigenvalue weighted by Gasteiger charge is -2.10. The van der Waals surface area contributed by atoms with Crippen molar-refractivity contribution in [3.63, 3.8) is 0 Å². The van der Waals surface area contributed by atoms with Crippen LogP contribution in [0.2, 0.25) is 0 Å². The molecule has 1 aliphatic rings. The van der Waals surface area contributed by atoms with Gasteiger partial charge in [0.2, 0.25) is 0 Å². The molecule has 4 heteroatoms. The van der Waals surface area contributed by atoms with Crippen molar-refractivity contribution < 1.29 is 12.6 Å². The summed E-state index contributed by atoms with van der Waals surface area (Å²) in [7, 11) is -3.36. The first-order chi connectivity index (χ1) is 6.91. The Hall–Kier alpha value is -0.870. The summed E-state index contributed by atoms with van der Waals surface area (Å²) in [6.45, 7) is 1.84. The van der Waals surface area contributed by atoms with Gasteiger partial charge in [-0.2, -0.15) is 8.42 Å². The number of hydrogen-bond acceptors (Lipinski definition) is 3. The molecule has 1 aromatic carbocycles. The predicted octanol–water partition coefficient (Wildman–Crippen LogP) is 1.91. The highest BCUT2D eigenvalue weighted by molar-refractivity contribution is 7.86. The van der Waals surface area contributed by atoms with Crippen LogP contribution in [0, 0.1) is 0 Å². The summed E-state index contributed by atoms with van der Waals surface area (Å²) in [5, 5.41) is 0. The van der Waals surface area contributed by atoms with Gasteiger partial charge in [0.15, 0.2) is 0 Å². The smallest absolute Gasteiger partial charge is 0.263 e. The Morgan fingerprint density at radius 3 is 2.47 bits per heavy atom. The fraction of sp³-hybridized carbons (Fsp3) is 0.455. The van der Waals surface area contributed by atoms with Crippen LogP contribution in [-0.2, 0) is 14.3 Å². The van der Waals surface area contributed by atoms with Gasteiger partial charge in [-0.25, -0.2) is 0 Å². The third-order valence-corrected chi connectivity index (χ3v) is 3.41. The maximum Gasteiger partial charge on any atom is 0.264 e. The Bertz CT molecular complexity index is 452. The molecule has 1 saturated carbocycles. The average Bonchev–Trinajstić information content (AvgIpc) is 2.75. The van der Waals surface area contributed by atoms with Crippen LogP contribution in [0.15, 0.2) is 30.3 Å². The molecule has 2 rings (SSSR count). The fourth-order valence-electron chi connectivity index (χ4n) is 1.94. The Morgan fingerprint density at radius 1 is 1.33 bits per heavy atom. The van der Waals surface area contributed by atoms with Gasteiger partial charge in [0.05, 0.1) is 11.9 Å². The first kappa shape index (κ1) is 10.6. The SMILES string of the molecule is C[C@@]1(OS(C)(=O)=O)C[C@H]1c1ccccc1. The Balaban J connectivity index is 2.13. The molecule has 0 aromatic heterocycles. The summed E-state index contributed by atoms with van der Waals surface area (Å²) in [5.74, 6) is 0.202. The normalized spacial score (nSPS) is 30.1. The summed E-state index contributed by atoms with van der Waals surface area (Å²) in [6, 6.07) is 9.85. The summed E-state index contributed by atoms with van der Waals surface area (Å²) in [6.07, 6.45) is 1.86. The van der Waals surface area contributed by atoms with Crippen molar-refractivity contribution in [3.05, 3.63) is 35.9 Å². The van der Waals surface area contributed by atoms with Crippen molar-refractivity contribution in [2.24, 2.45) is 0 Å². The minimum absolute atomic E-state index is 0.202. The van der Waals surface area contributed by atoms with Crippen molar-refractivity contribution in [3.8, 4) is 0 Å². The van der Waals surface area contributed by atoms with Gasteiger partial charge in [-0.1, -0.05) is 30.3 Å². The summed E-state index contributed by atoms with van der Waals surface area (Å²) in [5.41, 5.74) is 0.609. The second-order valence-electron chi connectivity index (χ2n) is 4.27. The quantitative estimate of drug-likeness (QED) is 0.739. The lowest BCUT2D eigenvalue weighted by molar-refractivity contribution is 0.203. The van der Waals surface area contributed by atoms with E-state index in [0.29, 0.717) is 0 Å². The van der Waals surface area contributed by atoms with Gasteiger partial charge in [-0.3, -0.25) is 4.18 Å². The molecular weight excluding hydrogens is 212 g/mol. The summed E-state index contributed by atoms with van der Waals surface area (Å²) in [4.78, 5) is 0. The molecule has 0 radical (unpaired) electrons. The molecule has 0 N–H and O–H groups in total. The molecule has 1 aliphatic carbocycles. The Labute approximate surface area is 90.2 Å². The van der Waals surface area contributed by atoms with Crippen molar-refractivity contribution in [1.29, 1.82) is 0 Å². The number of hydrogen-bond donors (Lipinski definition) is 0. The highest BCUT2D eigenvalue weighted by atomic mass is 32.2. The van der Waals surface area contributed by atoms with Gasteiger partial charge in [-0.05, 0) is 18.9 Å². The van der Waals surface area contributed by atoms with E-state index < -0.39 is 15.7 Å². The molecular formula is C11H14O3S. The van der Waals surface area contributed by atoms with Crippen LogP contribution in [-0.4, -0.2) is 20.3 Å². The van der Waals surface area contributed by atoms with Crippen molar-refractivity contribution in [2.45, 2.75) is 24.9 Å². The molecule has 15 heavy (non-hydrogen) atoms. The maximum atomic E-state index is 11.0. The van der Waals surface area contributed by atoms with Crippen molar-refractivity contribution >= 4 is 10.1 Å². The monoisotopic (exact) mass is 226 g/mol. The topological polar surface area (TPSA) is 43.4 Å². The molecule has 3 nitrogen and oxygen atoms in total. The Kier molecular flexibility index (Phi) is 2.35. The van der Waals surface area contributed by atoms with Crippen LogP contribution in [0.5, 0.6) is 0 Å². The second-order valence-corrected chi connectivity index (χ2v) is 5.84. The van der Waals surface area contributed by atoms with Crippen LogP contribution in [0.4, 0.5) is 0 Å². The zero-order valence-corrected chi connectivity index (χ0v) is 9.62. The highest BCUT2D eigenvalue weighted by Gasteiger charge is 2.54. The molecule has 82 valence electrons. The van der Waals surface area contributed by atoms with E-state index >= 15 is 0 Å². The van der Waals surface area contributed by atoms with E-state index in [0.717, 1.165) is 18.2 Å². The maximum absolute atomic E-state index is 11.0. The van der Waals surface area contributed by atoms with E-state index in [4.69, 9.17) is 4.18 Å². The average molecular weight is 226 g/mol. The largest absolute Gasteiger partial charge is 0.264 e. The zero-order valence-electron chi connectivity index (χ0n) is 8.80. The van der Waals surface area contributed by atoms with Gasteiger partial charge in [-0.15, -0.1) is 0 Å². The van der Waals surface area contributed by atoms with E-state index in [1.54, 1.807) is 0 Å². The van der Waals surface area contributed by atoms with Crippen LogP contribution < -0.4 is 0 Å². The predicted molar refractivity (Wildman–Crippen MR) is 58.1 cm³/mol. The summed E-state index contributed by atoms with van der Waals surface area (Å²) < 4.78 is 27.2. The van der Waals surface area contributed by atoms with Crippen LogP contribution in [0.1, 0.15) is 24.8 Å². The first-order valence-electron chi connectivity index (χ1n) is 4.86. The lowest BCUT2D eigenvalue weighted by atomic mass is 10.1. The van der Waals surface area contributed by atoms with Crippen LogP contribution >= 0.6 is 0 Å². The lowest BCUT2D eigenvalue weighted by Crippen LogP contribution is -2.17. The molecule has 0 spiro atoms. The molecule has 0 bridgehead atoms. The van der Waals surface area contributed by atoms with E-state index in [9.17, 15) is 8.42 Å². The van der Waals surface area contributed by atoms with E-state index in [2.05, 4.69) is 0 Å². The Morgan fingerprint density at radius 2 is 1.93 bits per heavy atom. The first-order valence-corrected chi connectivity index (χ1v) is 6.68. The van der Waals surface area contributed by atoms with Crippen LogP contribution in [0.3, 0.4) is 0 Å². The highest BCUT2D eigenvalue weighted by Crippen LogP contribution is 2.54. The molecule has 0 aliphatic heterocycles. The van der Waals surface area contributed by atoms with Crippen molar-refractivity contribution in [1.82, 2.24) is 0 Å². The third kappa shape index (κ3) is 2.38. The van der Waals surface area contributed by atoms with Gasteiger partial charge >= 0.3 is 0 Å². The van der Waals surface area contributed by atoms with E-state index in [-0.39, 0.29) is 5.92 Å².